The summed E-state index contributed by atoms with van der Waals surface area (Å²) in [4.78, 5) is 18.1. The maximum Gasteiger partial charge on any atom is 0.269 e. The lowest BCUT2D eigenvalue weighted by molar-refractivity contribution is 0.0694. The first-order chi connectivity index (χ1) is 6.86. The summed E-state index contributed by atoms with van der Waals surface area (Å²) in [5.41, 5.74) is 0.511. The maximum atomic E-state index is 11.6. The van der Waals surface area contributed by atoms with Crippen molar-refractivity contribution < 1.29 is 9.53 Å². The van der Waals surface area contributed by atoms with Gasteiger partial charge in [-0.25, -0.2) is 4.98 Å². The van der Waals surface area contributed by atoms with E-state index >= 15 is 0 Å². The molecule has 0 aromatic carbocycles. The molecule has 0 aliphatic carbocycles. The Morgan fingerprint density at radius 1 is 1.57 bits per heavy atom. The van der Waals surface area contributed by atoms with Gasteiger partial charge in [0.05, 0.1) is 12.5 Å². The number of amides is 1. The summed E-state index contributed by atoms with van der Waals surface area (Å²) in [5.74, 6) is -0.0885. The molecule has 76 valence electrons. The highest BCUT2D eigenvalue weighted by Gasteiger charge is 2.17. The first-order valence-corrected chi connectivity index (χ1v) is 4.73. The molecule has 2 rings (SSSR count). The topological polar surface area (TPSA) is 67.0 Å². The van der Waals surface area contributed by atoms with Crippen LogP contribution < -0.4 is 5.32 Å². The van der Waals surface area contributed by atoms with Gasteiger partial charge >= 0.3 is 0 Å². The predicted molar refractivity (Wildman–Crippen MR) is 49.9 cm³/mol. The highest BCUT2D eigenvalue weighted by Crippen LogP contribution is 2.06. The number of aromatic nitrogens is 2. The van der Waals surface area contributed by atoms with E-state index in [0.717, 1.165) is 26.1 Å². The van der Waals surface area contributed by atoms with Gasteiger partial charge in [-0.05, 0) is 12.8 Å². The number of nitrogens with one attached hydrogen (secondary N) is 2. The van der Waals surface area contributed by atoms with Crippen molar-refractivity contribution in [3.05, 3.63) is 18.2 Å². The van der Waals surface area contributed by atoms with Crippen LogP contribution >= 0.6 is 0 Å². The molecule has 0 bridgehead atoms. The van der Waals surface area contributed by atoms with E-state index in [2.05, 4.69) is 15.3 Å². The Morgan fingerprint density at radius 3 is 3.00 bits per heavy atom. The van der Waals surface area contributed by atoms with Crippen LogP contribution in [0.15, 0.2) is 12.5 Å². The van der Waals surface area contributed by atoms with Crippen LogP contribution in [0.25, 0.3) is 0 Å². The van der Waals surface area contributed by atoms with Crippen LogP contribution in [-0.2, 0) is 4.74 Å². The average molecular weight is 195 g/mol. The fourth-order valence-electron chi connectivity index (χ4n) is 1.49. The van der Waals surface area contributed by atoms with Gasteiger partial charge in [-0.1, -0.05) is 0 Å². The molecular formula is C9H13N3O2. The van der Waals surface area contributed by atoms with Gasteiger partial charge in [0, 0.05) is 19.3 Å². The fourth-order valence-corrected chi connectivity index (χ4v) is 1.49. The van der Waals surface area contributed by atoms with Crippen LogP contribution in [-0.4, -0.2) is 35.1 Å². The minimum Gasteiger partial charge on any atom is -0.381 e. The normalized spacial score (nSPS) is 18.0. The number of imidazole rings is 1. The second kappa shape index (κ2) is 4.23. The summed E-state index contributed by atoms with van der Waals surface area (Å²) in [6.45, 7) is 1.46. The molecule has 0 spiro atoms. The number of rotatable bonds is 2. The first kappa shape index (κ1) is 9.21. The molecule has 2 N–H and O–H groups in total. The van der Waals surface area contributed by atoms with Crippen LogP contribution in [0.5, 0.6) is 0 Å². The molecular weight excluding hydrogens is 182 g/mol. The number of nitrogens with zero attached hydrogens (tertiary/aromatic N) is 1. The van der Waals surface area contributed by atoms with Gasteiger partial charge in [-0.2, -0.15) is 0 Å². The largest absolute Gasteiger partial charge is 0.381 e. The number of carbonyl (C=O) groups excluding carboxylic acids is 1. The summed E-state index contributed by atoms with van der Waals surface area (Å²) in [5, 5.41) is 2.93. The lowest BCUT2D eigenvalue weighted by Gasteiger charge is -2.22. The van der Waals surface area contributed by atoms with Crippen LogP contribution in [0.3, 0.4) is 0 Å². The van der Waals surface area contributed by atoms with Crippen molar-refractivity contribution in [3.8, 4) is 0 Å². The Bertz CT molecular complexity index is 291. The van der Waals surface area contributed by atoms with Gasteiger partial charge in [0.2, 0.25) is 0 Å². The lowest BCUT2D eigenvalue weighted by atomic mass is 10.1. The predicted octanol–water partition coefficient (Wildman–Crippen LogP) is 0.318. The zero-order valence-corrected chi connectivity index (χ0v) is 7.82. The summed E-state index contributed by atoms with van der Waals surface area (Å²) >= 11 is 0. The molecule has 0 unspecified atom stereocenters. The molecule has 5 heteroatoms. The second-order valence-electron chi connectivity index (χ2n) is 3.33. The Kier molecular flexibility index (Phi) is 2.78. The molecule has 1 fully saturated rings. The van der Waals surface area contributed by atoms with Crippen molar-refractivity contribution in [2.45, 2.75) is 18.9 Å². The Labute approximate surface area is 81.9 Å². The van der Waals surface area contributed by atoms with Crippen molar-refractivity contribution in [1.29, 1.82) is 0 Å². The van der Waals surface area contributed by atoms with Crippen LogP contribution in [0.1, 0.15) is 23.3 Å². The fraction of sp³-hybridized carbons (Fsp3) is 0.556. The van der Waals surface area contributed by atoms with E-state index in [4.69, 9.17) is 4.74 Å². The van der Waals surface area contributed by atoms with Gasteiger partial charge in [0.15, 0.2) is 0 Å². The van der Waals surface area contributed by atoms with Crippen molar-refractivity contribution >= 4 is 5.91 Å². The molecule has 1 aromatic heterocycles. The van der Waals surface area contributed by atoms with Crippen LogP contribution in [0.2, 0.25) is 0 Å². The second-order valence-corrected chi connectivity index (χ2v) is 3.33. The Hall–Kier alpha value is -1.36. The molecule has 5 nitrogen and oxygen atoms in total. The van der Waals surface area contributed by atoms with E-state index in [1.54, 1.807) is 0 Å². The molecule has 1 amide bonds. The van der Waals surface area contributed by atoms with E-state index in [-0.39, 0.29) is 11.9 Å². The maximum absolute atomic E-state index is 11.6. The van der Waals surface area contributed by atoms with Crippen molar-refractivity contribution in [3.63, 3.8) is 0 Å². The van der Waals surface area contributed by atoms with Crippen LogP contribution in [0.4, 0.5) is 0 Å². The lowest BCUT2D eigenvalue weighted by Crippen LogP contribution is -2.39. The van der Waals surface area contributed by atoms with Gasteiger partial charge in [0.25, 0.3) is 5.91 Å². The third-order valence-corrected chi connectivity index (χ3v) is 2.30. The average Bonchev–Trinajstić information content (AvgIpc) is 2.72. The minimum absolute atomic E-state index is 0.0885. The van der Waals surface area contributed by atoms with Gasteiger partial charge < -0.3 is 15.0 Å². The monoisotopic (exact) mass is 195 g/mol. The van der Waals surface area contributed by atoms with Crippen molar-refractivity contribution in [1.82, 2.24) is 15.3 Å². The molecule has 2 heterocycles. The van der Waals surface area contributed by atoms with Crippen molar-refractivity contribution in [2.75, 3.05) is 13.2 Å². The third kappa shape index (κ3) is 2.11. The third-order valence-electron chi connectivity index (χ3n) is 2.30. The van der Waals surface area contributed by atoms with Gasteiger partial charge in [-0.3, -0.25) is 4.79 Å². The van der Waals surface area contributed by atoms with Gasteiger partial charge in [0.1, 0.15) is 5.69 Å². The van der Waals surface area contributed by atoms with E-state index in [9.17, 15) is 4.79 Å². The van der Waals surface area contributed by atoms with Crippen molar-refractivity contribution in [2.24, 2.45) is 0 Å². The van der Waals surface area contributed by atoms with Gasteiger partial charge in [-0.15, -0.1) is 0 Å². The van der Waals surface area contributed by atoms with E-state index in [1.807, 2.05) is 0 Å². The standard InChI is InChI=1S/C9H13N3O2/c13-9(8-5-10-6-11-8)12-7-1-3-14-4-2-7/h5-7H,1-4H2,(H,10,11)(H,12,13). The molecule has 0 atom stereocenters. The number of H-pyrrole nitrogens is 1. The minimum atomic E-state index is -0.0885. The zero-order chi connectivity index (χ0) is 9.80. The number of aromatic amines is 1. The summed E-state index contributed by atoms with van der Waals surface area (Å²) in [6, 6.07) is 0.236. The summed E-state index contributed by atoms with van der Waals surface area (Å²) < 4.78 is 5.20. The first-order valence-electron chi connectivity index (χ1n) is 4.73. The molecule has 0 saturated carbocycles. The highest BCUT2D eigenvalue weighted by molar-refractivity contribution is 5.92. The smallest absolute Gasteiger partial charge is 0.269 e. The van der Waals surface area contributed by atoms with E-state index in [1.165, 1.54) is 12.5 Å². The Balaban J connectivity index is 1.87. The quantitative estimate of drug-likeness (QED) is 0.714. The number of carbonyl (C=O) groups is 1. The number of ether oxygens (including phenoxy) is 1. The number of hydrogen-bond donors (Lipinski definition) is 2. The van der Waals surface area contributed by atoms with Crippen LogP contribution in [0, 0.1) is 0 Å². The highest BCUT2D eigenvalue weighted by atomic mass is 16.5. The molecule has 14 heavy (non-hydrogen) atoms. The molecule has 1 aromatic rings. The number of hydrogen-bond acceptors (Lipinski definition) is 3. The summed E-state index contributed by atoms with van der Waals surface area (Å²) in [7, 11) is 0. The molecule has 1 aliphatic heterocycles. The molecule has 0 radical (unpaired) electrons. The van der Waals surface area contributed by atoms with E-state index < -0.39 is 0 Å². The molecule has 1 saturated heterocycles. The summed E-state index contributed by atoms with van der Waals surface area (Å²) in [6.07, 6.45) is 4.80. The SMILES string of the molecule is O=C(NC1CCOCC1)c1cnc[nH]1. The molecule has 1 aliphatic rings. The zero-order valence-electron chi connectivity index (χ0n) is 7.82. The Morgan fingerprint density at radius 2 is 2.36 bits per heavy atom. The van der Waals surface area contributed by atoms with E-state index in [0.29, 0.717) is 5.69 Å².